The van der Waals surface area contributed by atoms with Crippen molar-refractivity contribution in [1.29, 1.82) is 0 Å². The fraction of sp³-hybridized carbons (Fsp3) is 0.316. The van der Waals surface area contributed by atoms with Crippen molar-refractivity contribution in [2.75, 3.05) is 26.4 Å². The highest BCUT2D eigenvalue weighted by molar-refractivity contribution is 7.91. The Morgan fingerprint density at radius 2 is 1.77 bits per heavy atom. The summed E-state index contributed by atoms with van der Waals surface area (Å²) in [5.74, 6) is 0.819. The quantitative estimate of drug-likeness (QED) is 0.445. The third kappa shape index (κ3) is 6.04. The maximum absolute atomic E-state index is 12.3. The molecule has 0 unspecified atom stereocenters. The minimum absolute atomic E-state index is 0.0991. The molecule has 0 aliphatic rings. The predicted octanol–water partition coefficient (Wildman–Crippen LogP) is 3.21. The van der Waals surface area contributed by atoms with Crippen LogP contribution in [0.3, 0.4) is 0 Å². The number of halogens is 1. The molecule has 0 radical (unpaired) electrons. The van der Waals surface area contributed by atoms with Crippen LogP contribution in [0, 0.1) is 0 Å². The fourth-order valence-corrected chi connectivity index (χ4v) is 3.99. The van der Waals surface area contributed by atoms with Crippen molar-refractivity contribution in [1.82, 2.24) is 10.2 Å². The second-order valence-corrected chi connectivity index (χ2v) is 8.49. The lowest BCUT2D eigenvalue weighted by molar-refractivity contribution is 0.476. The van der Waals surface area contributed by atoms with Crippen molar-refractivity contribution in [3.63, 3.8) is 0 Å². The van der Waals surface area contributed by atoms with Gasteiger partial charge in [-0.25, -0.2) is 8.42 Å². The van der Waals surface area contributed by atoms with Crippen LogP contribution in [0.15, 0.2) is 64.5 Å². The zero-order chi connectivity index (χ0) is 19.0. The first-order valence-electron chi connectivity index (χ1n) is 8.36. The summed E-state index contributed by atoms with van der Waals surface area (Å²) in [6.45, 7) is 1.21. The van der Waals surface area contributed by atoms with Gasteiger partial charge < -0.3 is 10.2 Å². The molecule has 26 heavy (non-hydrogen) atoms. The van der Waals surface area contributed by atoms with E-state index in [-0.39, 0.29) is 5.75 Å². The first-order chi connectivity index (χ1) is 12.4. The average molecular weight is 394 g/mol. The van der Waals surface area contributed by atoms with E-state index in [4.69, 9.17) is 11.6 Å². The number of sulfone groups is 1. The Balaban J connectivity index is 1.82. The van der Waals surface area contributed by atoms with E-state index < -0.39 is 9.84 Å². The highest BCUT2D eigenvalue weighted by atomic mass is 35.5. The van der Waals surface area contributed by atoms with Gasteiger partial charge >= 0.3 is 0 Å². The van der Waals surface area contributed by atoms with Crippen molar-refractivity contribution >= 4 is 27.4 Å². The Morgan fingerprint density at radius 3 is 2.38 bits per heavy atom. The monoisotopic (exact) mass is 393 g/mol. The lowest BCUT2D eigenvalue weighted by Crippen LogP contribution is -2.39. The van der Waals surface area contributed by atoms with Gasteiger partial charge in [-0.15, -0.1) is 0 Å². The number of nitrogens with zero attached hydrogens (tertiary/aromatic N) is 2. The molecule has 2 aromatic carbocycles. The minimum Gasteiger partial charge on any atom is -0.356 e. The largest absolute Gasteiger partial charge is 0.356 e. The Labute approximate surface area is 160 Å². The highest BCUT2D eigenvalue weighted by Gasteiger charge is 2.13. The van der Waals surface area contributed by atoms with Gasteiger partial charge in [-0.1, -0.05) is 41.9 Å². The number of guanidine groups is 1. The van der Waals surface area contributed by atoms with E-state index >= 15 is 0 Å². The summed E-state index contributed by atoms with van der Waals surface area (Å²) in [4.78, 5) is 6.60. The molecule has 0 bridgehead atoms. The summed E-state index contributed by atoms with van der Waals surface area (Å²) in [7, 11) is 0.401. The molecule has 7 heteroatoms. The number of aliphatic imine (C=N–C) groups is 1. The molecule has 0 aromatic heterocycles. The topological polar surface area (TPSA) is 61.8 Å². The molecule has 2 aromatic rings. The lowest BCUT2D eigenvalue weighted by atomic mass is 10.2. The molecular formula is C19H24ClN3O2S. The third-order valence-electron chi connectivity index (χ3n) is 3.88. The molecule has 140 valence electrons. The maximum Gasteiger partial charge on any atom is 0.193 e. The van der Waals surface area contributed by atoms with E-state index in [0.29, 0.717) is 29.4 Å². The van der Waals surface area contributed by atoms with Crippen LogP contribution in [-0.2, 0) is 16.4 Å². The zero-order valence-corrected chi connectivity index (χ0v) is 16.6. The lowest BCUT2D eigenvalue weighted by Gasteiger charge is -2.22. The van der Waals surface area contributed by atoms with E-state index in [2.05, 4.69) is 10.3 Å². The SMILES string of the molecule is CN=C(NCCCS(=O)(=O)c1ccccc1)N(C)Cc1ccc(Cl)cc1. The van der Waals surface area contributed by atoms with Gasteiger partial charge in [0, 0.05) is 32.2 Å². The van der Waals surface area contributed by atoms with Gasteiger partial charge in [-0.3, -0.25) is 4.99 Å². The molecule has 1 N–H and O–H groups in total. The van der Waals surface area contributed by atoms with Gasteiger partial charge in [0.1, 0.15) is 0 Å². The number of hydrogen-bond donors (Lipinski definition) is 1. The van der Waals surface area contributed by atoms with Crippen molar-refractivity contribution < 1.29 is 8.42 Å². The van der Waals surface area contributed by atoms with E-state index in [1.807, 2.05) is 36.2 Å². The molecule has 5 nitrogen and oxygen atoms in total. The van der Waals surface area contributed by atoms with Crippen LogP contribution in [0.4, 0.5) is 0 Å². The van der Waals surface area contributed by atoms with Crippen molar-refractivity contribution in [2.24, 2.45) is 4.99 Å². The van der Waals surface area contributed by atoms with E-state index in [9.17, 15) is 8.42 Å². The predicted molar refractivity (Wildman–Crippen MR) is 107 cm³/mol. The molecule has 0 fully saturated rings. The second kappa shape index (κ2) is 9.59. The van der Waals surface area contributed by atoms with Gasteiger partial charge in [0.15, 0.2) is 15.8 Å². The Bertz CT molecular complexity index is 822. The van der Waals surface area contributed by atoms with Crippen LogP contribution in [0.2, 0.25) is 5.02 Å². The summed E-state index contributed by atoms with van der Waals surface area (Å²) in [6.07, 6.45) is 0.505. The normalized spacial score (nSPS) is 12.0. The van der Waals surface area contributed by atoms with Crippen LogP contribution in [0.5, 0.6) is 0 Å². The molecule has 0 aliphatic heterocycles. The maximum atomic E-state index is 12.3. The van der Waals surface area contributed by atoms with E-state index in [1.165, 1.54) is 0 Å². The molecule has 0 spiro atoms. The number of hydrogen-bond acceptors (Lipinski definition) is 3. The first kappa shape index (κ1) is 20.3. The zero-order valence-electron chi connectivity index (χ0n) is 15.0. The van der Waals surface area contributed by atoms with Crippen LogP contribution in [0.1, 0.15) is 12.0 Å². The molecule has 0 saturated heterocycles. The third-order valence-corrected chi connectivity index (χ3v) is 5.95. The second-order valence-electron chi connectivity index (χ2n) is 5.94. The standard InChI is InChI=1S/C19H24ClN3O2S/c1-21-19(23(2)15-16-9-11-17(20)12-10-16)22-13-6-14-26(24,25)18-7-4-3-5-8-18/h3-5,7-12H,6,13-15H2,1-2H3,(H,21,22). The average Bonchev–Trinajstić information content (AvgIpc) is 2.64. The fourth-order valence-electron chi connectivity index (χ4n) is 2.53. The summed E-state index contributed by atoms with van der Waals surface area (Å²) >= 11 is 5.90. The minimum atomic E-state index is -3.24. The Hall–Kier alpha value is -2.05. The Morgan fingerprint density at radius 1 is 1.12 bits per heavy atom. The van der Waals surface area contributed by atoms with Crippen molar-refractivity contribution in [3.8, 4) is 0 Å². The number of benzene rings is 2. The first-order valence-corrected chi connectivity index (χ1v) is 10.4. The summed E-state index contributed by atoms with van der Waals surface area (Å²) in [6, 6.07) is 16.2. The van der Waals surface area contributed by atoms with Crippen LogP contribution >= 0.6 is 11.6 Å². The molecule has 0 saturated carbocycles. The van der Waals surface area contributed by atoms with Crippen LogP contribution in [-0.4, -0.2) is 45.7 Å². The van der Waals surface area contributed by atoms with Crippen LogP contribution in [0.25, 0.3) is 0 Å². The van der Waals surface area contributed by atoms with E-state index in [1.54, 1.807) is 37.4 Å². The highest BCUT2D eigenvalue weighted by Crippen LogP contribution is 2.12. The summed E-state index contributed by atoms with van der Waals surface area (Å²) in [5, 5.41) is 3.92. The van der Waals surface area contributed by atoms with Crippen molar-refractivity contribution in [3.05, 3.63) is 65.2 Å². The van der Waals surface area contributed by atoms with Crippen molar-refractivity contribution in [2.45, 2.75) is 17.9 Å². The van der Waals surface area contributed by atoms with Gasteiger partial charge in [0.2, 0.25) is 0 Å². The summed E-state index contributed by atoms with van der Waals surface area (Å²) < 4.78 is 24.5. The number of rotatable bonds is 7. The van der Waals surface area contributed by atoms with Gasteiger partial charge in [-0.05, 0) is 36.2 Å². The molecular weight excluding hydrogens is 370 g/mol. The Kier molecular flexibility index (Phi) is 7.48. The molecule has 0 heterocycles. The smallest absolute Gasteiger partial charge is 0.193 e. The molecule has 2 rings (SSSR count). The summed E-state index contributed by atoms with van der Waals surface area (Å²) in [5.41, 5.74) is 1.12. The van der Waals surface area contributed by atoms with Crippen LogP contribution < -0.4 is 5.32 Å². The van der Waals surface area contributed by atoms with Gasteiger partial charge in [0.25, 0.3) is 0 Å². The number of nitrogens with one attached hydrogen (secondary N) is 1. The molecule has 0 atom stereocenters. The molecule has 0 amide bonds. The van der Waals surface area contributed by atoms with Gasteiger partial charge in [0.05, 0.1) is 10.6 Å². The van der Waals surface area contributed by atoms with E-state index in [0.717, 1.165) is 11.5 Å². The molecule has 0 aliphatic carbocycles. The van der Waals surface area contributed by atoms with Gasteiger partial charge in [-0.2, -0.15) is 0 Å².